The normalized spacial score (nSPS) is 13.7. The number of hydrogen-bond acceptors (Lipinski definition) is 4. The molecule has 0 saturated carbocycles. The van der Waals surface area contributed by atoms with Crippen LogP contribution in [-0.4, -0.2) is 39.0 Å². The second kappa shape index (κ2) is 7.35. The third-order valence-corrected chi connectivity index (χ3v) is 5.93. The monoisotopic (exact) mass is 314 g/mol. The Balaban J connectivity index is 3.38. The summed E-state index contributed by atoms with van der Waals surface area (Å²) in [4.78, 5) is 0.341. The number of hydrogen-bond donors (Lipinski definition) is 1. The summed E-state index contributed by atoms with van der Waals surface area (Å²) in [7, 11) is -1.99. The standard InChI is InChI=1S/C15H26N2O3S/c1-6-17(12(3)10-20-5)21(18,19)15-8-14(9-16)7-11(2)13(15)4/h7-8,12H,6,9-10,16H2,1-5H3. The SMILES string of the molecule is CCN(C(C)COC)S(=O)(=O)c1cc(CN)cc(C)c1C. The molecule has 5 nitrogen and oxygen atoms in total. The van der Waals surface area contributed by atoms with Gasteiger partial charge in [-0.2, -0.15) is 4.31 Å². The molecule has 0 heterocycles. The van der Waals surface area contributed by atoms with Gasteiger partial charge in [-0.1, -0.05) is 13.0 Å². The highest BCUT2D eigenvalue weighted by molar-refractivity contribution is 7.89. The summed E-state index contributed by atoms with van der Waals surface area (Å²) in [6.07, 6.45) is 0. The lowest BCUT2D eigenvalue weighted by molar-refractivity contribution is 0.142. The molecule has 2 N–H and O–H groups in total. The van der Waals surface area contributed by atoms with Crippen molar-refractivity contribution >= 4 is 10.0 Å². The van der Waals surface area contributed by atoms with E-state index in [9.17, 15) is 8.42 Å². The molecule has 0 aliphatic rings. The van der Waals surface area contributed by atoms with Crippen molar-refractivity contribution in [2.24, 2.45) is 5.73 Å². The summed E-state index contributed by atoms with van der Waals surface area (Å²) in [6.45, 7) is 8.50. The van der Waals surface area contributed by atoms with Crippen LogP contribution < -0.4 is 5.73 Å². The lowest BCUT2D eigenvalue weighted by atomic mass is 10.1. The zero-order valence-electron chi connectivity index (χ0n) is 13.5. The second-order valence-corrected chi connectivity index (χ2v) is 7.11. The number of likely N-dealkylation sites (N-methyl/N-ethyl adjacent to an activating group) is 1. The molecule has 0 radical (unpaired) electrons. The molecular weight excluding hydrogens is 288 g/mol. The molecule has 0 aromatic heterocycles. The van der Waals surface area contributed by atoms with Crippen LogP contribution in [0.2, 0.25) is 0 Å². The molecule has 21 heavy (non-hydrogen) atoms. The summed E-state index contributed by atoms with van der Waals surface area (Å²) in [5.74, 6) is 0. The van der Waals surface area contributed by atoms with Gasteiger partial charge in [-0.15, -0.1) is 0 Å². The van der Waals surface area contributed by atoms with E-state index in [0.29, 0.717) is 24.6 Å². The Hall–Kier alpha value is -0.950. The van der Waals surface area contributed by atoms with Crippen molar-refractivity contribution in [2.75, 3.05) is 20.3 Å². The van der Waals surface area contributed by atoms with Gasteiger partial charge in [-0.25, -0.2) is 8.42 Å². The van der Waals surface area contributed by atoms with Gasteiger partial charge in [-0.3, -0.25) is 0 Å². The first-order chi connectivity index (χ1) is 9.79. The molecule has 0 spiro atoms. The maximum atomic E-state index is 13.0. The first kappa shape index (κ1) is 18.1. The molecule has 1 aromatic rings. The highest BCUT2D eigenvalue weighted by Gasteiger charge is 2.29. The van der Waals surface area contributed by atoms with E-state index >= 15 is 0 Å². The number of nitrogens with two attached hydrogens (primary N) is 1. The van der Waals surface area contributed by atoms with Gasteiger partial charge in [0.1, 0.15) is 0 Å². The van der Waals surface area contributed by atoms with Gasteiger partial charge in [0, 0.05) is 26.2 Å². The quantitative estimate of drug-likeness (QED) is 0.833. The van der Waals surface area contributed by atoms with Crippen LogP contribution in [0.4, 0.5) is 0 Å². The van der Waals surface area contributed by atoms with Crippen molar-refractivity contribution in [3.05, 3.63) is 28.8 Å². The number of rotatable bonds is 7. The lowest BCUT2D eigenvalue weighted by Gasteiger charge is -2.28. The highest BCUT2D eigenvalue weighted by atomic mass is 32.2. The van der Waals surface area contributed by atoms with Crippen LogP contribution in [0.5, 0.6) is 0 Å². The fourth-order valence-electron chi connectivity index (χ4n) is 2.45. The van der Waals surface area contributed by atoms with Crippen molar-refractivity contribution in [1.82, 2.24) is 4.31 Å². The van der Waals surface area contributed by atoms with Gasteiger partial charge in [0.15, 0.2) is 0 Å². The van der Waals surface area contributed by atoms with E-state index in [2.05, 4.69) is 0 Å². The number of nitrogens with zero attached hydrogens (tertiary/aromatic N) is 1. The van der Waals surface area contributed by atoms with Gasteiger partial charge in [0.05, 0.1) is 11.5 Å². The average molecular weight is 314 g/mol. The van der Waals surface area contributed by atoms with Crippen molar-refractivity contribution in [1.29, 1.82) is 0 Å². The molecule has 1 unspecified atom stereocenters. The molecule has 0 bridgehead atoms. The minimum atomic E-state index is -3.56. The van der Waals surface area contributed by atoms with E-state index in [4.69, 9.17) is 10.5 Å². The topological polar surface area (TPSA) is 72.6 Å². The van der Waals surface area contributed by atoms with Gasteiger partial charge in [-0.05, 0) is 43.5 Å². The highest BCUT2D eigenvalue weighted by Crippen LogP contribution is 2.25. The van der Waals surface area contributed by atoms with Crippen molar-refractivity contribution in [3.63, 3.8) is 0 Å². The molecule has 120 valence electrons. The second-order valence-electron chi connectivity index (χ2n) is 5.25. The molecular formula is C15H26N2O3S. The smallest absolute Gasteiger partial charge is 0.243 e. The van der Waals surface area contributed by atoms with Gasteiger partial charge in [0.25, 0.3) is 0 Å². The van der Waals surface area contributed by atoms with E-state index in [0.717, 1.165) is 16.7 Å². The van der Waals surface area contributed by atoms with E-state index in [1.165, 1.54) is 4.31 Å². The molecule has 1 rings (SSSR count). The van der Waals surface area contributed by atoms with Crippen LogP contribution in [0.25, 0.3) is 0 Å². The molecule has 0 saturated heterocycles. The molecule has 1 aromatic carbocycles. The van der Waals surface area contributed by atoms with Crippen LogP contribution in [0, 0.1) is 13.8 Å². The van der Waals surface area contributed by atoms with E-state index in [1.807, 2.05) is 33.8 Å². The van der Waals surface area contributed by atoms with Crippen LogP contribution in [0.15, 0.2) is 17.0 Å². The lowest BCUT2D eigenvalue weighted by Crippen LogP contribution is -2.41. The minimum absolute atomic E-state index is 0.216. The minimum Gasteiger partial charge on any atom is -0.383 e. The summed E-state index contributed by atoms with van der Waals surface area (Å²) < 4.78 is 32.5. The average Bonchev–Trinajstić information content (AvgIpc) is 2.42. The molecule has 1 atom stereocenters. The van der Waals surface area contributed by atoms with Gasteiger partial charge >= 0.3 is 0 Å². The first-order valence-corrected chi connectivity index (χ1v) is 8.54. The fourth-order valence-corrected chi connectivity index (χ4v) is 4.43. The number of aryl methyl sites for hydroxylation is 1. The third-order valence-electron chi connectivity index (χ3n) is 3.71. The Morgan fingerprint density at radius 2 is 1.95 bits per heavy atom. The predicted molar refractivity (Wildman–Crippen MR) is 84.7 cm³/mol. The molecule has 6 heteroatoms. The van der Waals surface area contributed by atoms with E-state index < -0.39 is 10.0 Å². The van der Waals surface area contributed by atoms with Crippen molar-refractivity contribution in [3.8, 4) is 0 Å². The summed E-state index contributed by atoms with van der Waals surface area (Å²) >= 11 is 0. The van der Waals surface area contributed by atoms with Crippen LogP contribution in [0.1, 0.15) is 30.5 Å². The zero-order chi connectivity index (χ0) is 16.2. The maximum Gasteiger partial charge on any atom is 0.243 e. The molecule has 0 aliphatic heterocycles. The Labute approximate surface area is 128 Å². The zero-order valence-corrected chi connectivity index (χ0v) is 14.3. The Kier molecular flexibility index (Phi) is 6.34. The summed E-state index contributed by atoms with van der Waals surface area (Å²) in [5, 5.41) is 0. The van der Waals surface area contributed by atoms with Crippen LogP contribution in [0.3, 0.4) is 0 Å². The largest absolute Gasteiger partial charge is 0.383 e. The number of sulfonamides is 1. The number of ether oxygens (including phenoxy) is 1. The van der Waals surface area contributed by atoms with Crippen molar-refractivity contribution < 1.29 is 13.2 Å². The van der Waals surface area contributed by atoms with Gasteiger partial charge < -0.3 is 10.5 Å². The predicted octanol–water partition coefficient (Wildman–Crippen LogP) is 1.81. The Bertz CT molecular complexity index is 585. The summed E-state index contributed by atoms with van der Waals surface area (Å²) in [6, 6.07) is 3.40. The molecule has 0 aliphatic carbocycles. The third kappa shape index (κ3) is 3.83. The van der Waals surface area contributed by atoms with Gasteiger partial charge in [0.2, 0.25) is 10.0 Å². The molecule has 0 fully saturated rings. The first-order valence-electron chi connectivity index (χ1n) is 7.10. The van der Waals surface area contributed by atoms with Crippen molar-refractivity contribution in [2.45, 2.75) is 45.2 Å². The Morgan fingerprint density at radius 1 is 1.33 bits per heavy atom. The maximum absolute atomic E-state index is 13.0. The van der Waals surface area contributed by atoms with Crippen LogP contribution in [-0.2, 0) is 21.3 Å². The summed E-state index contributed by atoms with van der Waals surface area (Å²) in [5.41, 5.74) is 8.21. The van der Waals surface area contributed by atoms with Crippen LogP contribution >= 0.6 is 0 Å². The van der Waals surface area contributed by atoms with E-state index in [1.54, 1.807) is 13.2 Å². The number of benzene rings is 1. The number of methoxy groups -OCH3 is 1. The fraction of sp³-hybridized carbons (Fsp3) is 0.600. The Morgan fingerprint density at radius 3 is 2.43 bits per heavy atom. The van der Waals surface area contributed by atoms with E-state index in [-0.39, 0.29) is 6.04 Å². The molecule has 0 amide bonds.